The van der Waals surface area contributed by atoms with Gasteiger partial charge in [0.2, 0.25) is 0 Å². The number of aliphatic hydroxyl groups is 1. The Morgan fingerprint density at radius 1 is 1.31 bits per heavy atom. The van der Waals surface area contributed by atoms with Crippen LogP contribution in [-0.4, -0.2) is 48.7 Å². The third-order valence-corrected chi connectivity index (χ3v) is 6.25. The second kappa shape index (κ2) is 10.3. The van der Waals surface area contributed by atoms with Gasteiger partial charge in [0.1, 0.15) is 17.1 Å². The summed E-state index contributed by atoms with van der Waals surface area (Å²) in [4.78, 5) is 8.59. The van der Waals surface area contributed by atoms with Crippen molar-refractivity contribution in [3.05, 3.63) is 46.0 Å². The van der Waals surface area contributed by atoms with Crippen LogP contribution in [0.5, 0.6) is 0 Å². The maximum Gasteiger partial charge on any atom is 0.191 e. The van der Waals surface area contributed by atoms with Gasteiger partial charge in [-0.05, 0) is 76.2 Å². The number of rotatable bonds is 8. The fraction of sp³-hybridized carbons (Fsp3) is 0.591. The van der Waals surface area contributed by atoms with E-state index in [-0.39, 0.29) is 6.54 Å². The first-order valence-corrected chi connectivity index (χ1v) is 11.4. The summed E-state index contributed by atoms with van der Waals surface area (Å²) in [6, 6.07) is 8.02. The highest BCUT2D eigenvalue weighted by Gasteiger charge is 2.27. The second-order valence-electron chi connectivity index (χ2n) is 8.06. The number of guanidine groups is 1. The van der Waals surface area contributed by atoms with Gasteiger partial charge >= 0.3 is 0 Å². The number of nitrogens with zero attached hydrogens (tertiary/aromatic N) is 2. The summed E-state index contributed by atoms with van der Waals surface area (Å²) < 4.78 is 5.58. The van der Waals surface area contributed by atoms with Gasteiger partial charge in [0.05, 0.1) is 6.54 Å². The van der Waals surface area contributed by atoms with Crippen LogP contribution in [0.4, 0.5) is 0 Å². The van der Waals surface area contributed by atoms with Crippen molar-refractivity contribution in [1.82, 2.24) is 15.5 Å². The Labute approximate surface area is 178 Å². The van der Waals surface area contributed by atoms with E-state index in [1.807, 2.05) is 37.3 Å². The molecule has 2 aromatic heterocycles. The quantitative estimate of drug-likeness (QED) is 0.453. The molecule has 1 aliphatic rings. The molecule has 1 saturated heterocycles. The Bertz CT molecular complexity index is 762. The standard InChI is InChI=1S/C22H34N4O2S/c1-4-23-21(25-16-22(3,27)20-8-7-17(2)28-20)24-14-18-9-11-26(12-10-18)15-19-6-5-13-29-19/h5-8,13,18,27H,4,9-12,14-16H2,1-3H3,(H2,23,24,25). The zero-order valence-electron chi connectivity index (χ0n) is 17.8. The molecule has 0 spiro atoms. The van der Waals surface area contributed by atoms with Crippen molar-refractivity contribution in [3.8, 4) is 0 Å². The van der Waals surface area contributed by atoms with Gasteiger partial charge in [0.15, 0.2) is 5.96 Å². The van der Waals surface area contributed by atoms with Crippen LogP contribution in [0.2, 0.25) is 0 Å². The zero-order chi connectivity index (χ0) is 20.7. The molecule has 1 atom stereocenters. The van der Waals surface area contributed by atoms with Crippen LogP contribution in [0.15, 0.2) is 39.1 Å². The highest BCUT2D eigenvalue weighted by Crippen LogP contribution is 2.23. The lowest BCUT2D eigenvalue weighted by Gasteiger charge is -2.32. The van der Waals surface area contributed by atoms with Crippen molar-refractivity contribution in [1.29, 1.82) is 0 Å². The molecule has 0 aliphatic carbocycles. The number of piperidine rings is 1. The molecular formula is C22H34N4O2S. The van der Waals surface area contributed by atoms with E-state index in [4.69, 9.17) is 4.42 Å². The lowest BCUT2D eigenvalue weighted by molar-refractivity contribution is 0.0428. The van der Waals surface area contributed by atoms with Crippen LogP contribution >= 0.6 is 11.3 Å². The molecule has 1 aliphatic heterocycles. The number of nitrogens with one attached hydrogen (secondary N) is 2. The van der Waals surface area contributed by atoms with Gasteiger partial charge in [-0.25, -0.2) is 4.99 Å². The summed E-state index contributed by atoms with van der Waals surface area (Å²) in [5, 5.41) is 19.6. The third kappa shape index (κ3) is 6.59. The fourth-order valence-electron chi connectivity index (χ4n) is 3.59. The van der Waals surface area contributed by atoms with E-state index < -0.39 is 5.60 Å². The van der Waals surface area contributed by atoms with Crippen LogP contribution in [0, 0.1) is 12.8 Å². The number of aliphatic imine (C=N–C) groups is 1. The number of likely N-dealkylation sites (tertiary alicyclic amines) is 1. The maximum atomic E-state index is 10.7. The Kier molecular flexibility index (Phi) is 7.75. The molecule has 0 amide bonds. The lowest BCUT2D eigenvalue weighted by atomic mass is 9.97. The largest absolute Gasteiger partial charge is 0.463 e. The Balaban J connectivity index is 1.46. The second-order valence-corrected chi connectivity index (χ2v) is 9.09. The van der Waals surface area contributed by atoms with E-state index >= 15 is 0 Å². The van der Waals surface area contributed by atoms with Gasteiger partial charge in [-0.1, -0.05) is 6.07 Å². The van der Waals surface area contributed by atoms with E-state index in [0.29, 0.717) is 11.7 Å². The number of thiophene rings is 1. The monoisotopic (exact) mass is 418 g/mol. The molecule has 160 valence electrons. The molecule has 0 bridgehead atoms. The molecule has 0 radical (unpaired) electrons. The molecule has 3 heterocycles. The van der Waals surface area contributed by atoms with E-state index in [9.17, 15) is 5.11 Å². The minimum Gasteiger partial charge on any atom is -0.463 e. The smallest absolute Gasteiger partial charge is 0.191 e. The predicted octanol–water partition coefficient (Wildman–Crippen LogP) is 3.32. The number of aryl methyl sites for hydroxylation is 1. The van der Waals surface area contributed by atoms with Crippen molar-refractivity contribution in [2.75, 3.05) is 32.7 Å². The summed E-state index contributed by atoms with van der Waals surface area (Å²) in [6.07, 6.45) is 2.39. The van der Waals surface area contributed by atoms with Crippen LogP contribution in [0.1, 0.15) is 43.1 Å². The molecule has 0 aromatic carbocycles. The number of furan rings is 1. The Hall–Kier alpha value is -1.83. The van der Waals surface area contributed by atoms with Crippen LogP contribution in [0.25, 0.3) is 0 Å². The Morgan fingerprint density at radius 2 is 2.10 bits per heavy atom. The molecule has 29 heavy (non-hydrogen) atoms. The minimum absolute atomic E-state index is 0.245. The Morgan fingerprint density at radius 3 is 2.72 bits per heavy atom. The average molecular weight is 419 g/mol. The van der Waals surface area contributed by atoms with Gasteiger partial charge in [0.25, 0.3) is 0 Å². The van der Waals surface area contributed by atoms with Crippen molar-refractivity contribution in [3.63, 3.8) is 0 Å². The van der Waals surface area contributed by atoms with Crippen molar-refractivity contribution < 1.29 is 9.52 Å². The third-order valence-electron chi connectivity index (χ3n) is 5.39. The molecule has 1 fully saturated rings. The van der Waals surface area contributed by atoms with Crippen molar-refractivity contribution in [2.24, 2.45) is 10.9 Å². The minimum atomic E-state index is -1.12. The molecule has 1 unspecified atom stereocenters. The van der Waals surface area contributed by atoms with Crippen LogP contribution in [0.3, 0.4) is 0 Å². The van der Waals surface area contributed by atoms with E-state index in [0.717, 1.165) is 44.4 Å². The summed E-state index contributed by atoms with van der Waals surface area (Å²) in [7, 11) is 0. The van der Waals surface area contributed by atoms with Crippen molar-refractivity contribution in [2.45, 2.75) is 45.8 Å². The first-order chi connectivity index (χ1) is 14.0. The first-order valence-electron chi connectivity index (χ1n) is 10.5. The predicted molar refractivity (Wildman–Crippen MR) is 119 cm³/mol. The molecule has 3 rings (SSSR count). The van der Waals surface area contributed by atoms with Crippen LogP contribution in [-0.2, 0) is 12.1 Å². The SMILES string of the molecule is CCNC(=NCC(C)(O)c1ccc(C)o1)NCC1CCN(Cc2cccs2)CC1. The molecular weight excluding hydrogens is 384 g/mol. The summed E-state index contributed by atoms with van der Waals surface area (Å²) in [5.41, 5.74) is -1.12. The van der Waals surface area contributed by atoms with Gasteiger partial charge < -0.3 is 20.2 Å². The molecule has 7 heteroatoms. The highest BCUT2D eigenvalue weighted by molar-refractivity contribution is 7.09. The lowest BCUT2D eigenvalue weighted by Crippen LogP contribution is -2.43. The first kappa shape index (κ1) is 21.9. The maximum absolute atomic E-state index is 10.7. The summed E-state index contributed by atoms with van der Waals surface area (Å²) in [6.45, 7) is 11.0. The van der Waals surface area contributed by atoms with Gasteiger partial charge in [-0.15, -0.1) is 11.3 Å². The molecule has 0 saturated carbocycles. The molecule has 6 nitrogen and oxygen atoms in total. The van der Waals surface area contributed by atoms with E-state index in [1.165, 1.54) is 17.7 Å². The number of hydrogen-bond donors (Lipinski definition) is 3. The summed E-state index contributed by atoms with van der Waals surface area (Å²) in [5.74, 6) is 2.73. The van der Waals surface area contributed by atoms with Gasteiger partial charge in [0, 0.05) is 24.5 Å². The van der Waals surface area contributed by atoms with Crippen LogP contribution < -0.4 is 10.6 Å². The van der Waals surface area contributed by atoms with E-state index in [2.05, 4.69) is 38.0 Å². The number of hydrogen-bond acceptors (Lipinski definition) is 5. The topological polar surface area (TPSA) is 73.0 Å². The van der Waals surface area contributed by atoms with E-state index in [1.54, 1.807) is 6.92 Å². The fourth-order valence-corrected chi connectivity index (χ4v) is 4.34. The normalized spacial score (nSPS) is 18.6. The zero-order valence-corrected chi connectivity index (χ0v) is 18.6. The average Bonchev–Trinajstić information content (AvgIpc) is 3.37. The van der Waals surface area contributed by atoms with Gasteiger partial charge in [-0.3, -0.25) is 4.90 Å². The van der Waals surface area contributed by atoms with Gasteiger partial charge in [-0.2, -0.15) is 0 Å². The summed E-state index contributed by atoms with van der Waals surface area (Å²) >= 11 is 1.84. The molecule has 3 N–H and O–H groups in total. The van der Waals surface area contributed by atoms with Crippen molar-refractivity contribution >= 4 is 17.3 Å². The molecule has 2 aromatic rings. The highest BCUT2D eigenvalue weighted by atomic mass is 32.1.